The molecule has 0 heterocycles. The Morgan fingerprint density at radius 1 is 1.24 bits per heavy atom. The van der Waals surface area contributed by atoms with E-state index in [0.717, 1.165) is 24.3 Å². The predicted molar refractivity (Wildman–Crippen MR) is 83.2 cm³/mol. The number of hydrogen-bond acceptors (Lipinski definition) is 4. The van der Waals surface area contributed by atoms with Crippen LogP contribution in [0.5, 0.6) is 0 Å². The molecule has 2 N–H and O–H groups in total. The first-order valence-electron chi connectivity index (χ1n) is 7.20. The van der Waals surface area contributed by atoms with Crippen LogP contribution < -0.4 is 10.6 Å². The van der Waals surface area contributed by atoms with Gasteiger partial charge in [0.15, 0.2) is 6.61 Å². The lowest BCUT2D eigenvalue weighted by Crippen LogP contribution is -2.43. The van der Waals surface area contributed by atoms with Crippen molar-refractivity contribution in [2.45, 2.75) is 26.1 Å². The van der Waals surface area contributed by atoms with E-state index in [9.17, 15) is 27.6 Å². The number of hydrogen-bond donors (Lipinski definition) is 2. The Morgan fingerprint density at radius 3 is 2.52 bits per heavy atom. The number of alkyl halides is 3. The van der Waals surface area contributed by atoms with Crippen LogP contribution in [0.25, 0.3) is 6.08 Å². The molecule has 0 fully saturated rings. The number of benzene rings is 1. The van der Waals surface area contributed by atoms with Crippen molar-refractivity contribution in [3.63, 3.8) is 0 Å². The highest BCUT2D eigenvalue weighted by Crippen LogP contribution is 2.29. The van der Waals surface area contributed by atoms with Gasteiger partial charge < -0.3 is 10.1 Å². The maximum atomic E-state index is 12.6. The van der Waals surface area contributed by atoms with Gasteiger partial charge in [-0.2, -0.15) is 13.2 Å². The number of carbonyl (C=O) groups is 3. The first-order valence-corrected chi connectivity index (χ1v) is 7.20. The van der Waals surface area contributed by atoms with Crippen LogP contribution in [0.4, 0.5) is 18.0 Å². The smallest absolute Gasteiger partial charge is 0.416 e. The van der Waals surface area contributed by atoms with E-state index in [1.54, 1.807) is 13.8 Å². The summed E-state index contributed by atoms with van der Waals surface area (Å²) in [6, 6.07) is 3.45. The van der Waals surface area contributed by atoms with Crippen LogP contribution in [0.1, 0.15) is 25.0 Å². The molecule has 1 aromatic carbocycles. The summed E-state index contributed by atoms with van der Waals surface area (Å²) in [4.78, 5) is 34.1. The molecular weight excluding hydrogens is 341 g/mol. The lowest BCUT2D eigenvalue weighted by molar-refractivity contribution is -0.143. The number of carbonyl (C=O) groups excluding carboxylic acids is 3. The van der Waals surface area contributed by atoms with Crippen molar-refractivity contribution < 1.29 is 32.3 Å². The molecule has 1 aromatic rings. The second-order valence-corrected chi connectivity index (χ2v) is 5.24. The molecule has 0 bridgehead atoms. The first-order chi connectivity index (χ1) is 11.6. The Hall–Kier alpha value is -2.84. The Kier molecular flexibility index (Phi) is 7.16. The molecule has 3 amide bonds. The van der Waals surface area contributed by atoms with E-state index in [2.05, 4.69) is 10.1 Å². The summed E-state index contributed by atoms with van der Waals surface area (Å²) < 4.78 is 42.3. The summed E-state index contributed by atoms with van der Waals surface area (Å²) in [5, 5.41) is 4.36. The molecule has 0 atom stereocenters. The molecule has 0 unspecified atom stereocenters. The van der Waals surface area contributed by atoms with E-state index in [1.165, 1.54) is 12.1 Å². The number of esters is 1. The Morgan fingerprint density at radius 2 is 1.92 bits per heavy atom. The number of ether oxygens (including phenoxy) is 1. The van der Waals surface area contributed by atoms with Gasteiger partial charge in [-0.25, -0.2) is 9.59 Å². The van der Waals surface area contributed by atoms with Crippen molar-refractivity contribution in [3.8, 4) is 0 Å². The van der Waals surface area contributed by atoms with Gasteiger partial charge in [-0.15, -0.1) is 0 Å². The zero-order valence-electron chi connectivity index (χ0n) is 13.5. The van der Waals surface area contributed by atoms with Gasteiger partial charge in [0, 0.05) is 12.1 Å². The SMILES string of the molecule is CC(C)NC(=O)NC(=O)COC(=O)C=Cc1cccc(C(F)(F)F)c1. The molecule has 25 heavy (non-hydrogen) atoms. The summed E-state index contributed by atoms with van der Waals surface area (Å²) in [5.74, 6) is -1.77. The quantitative estimate of drug-likeness (QED) is 0.626. The monoisotopic (exact) mass is 358 g/mol. The molecule has 0 saturated heterocycles. The van der Waals surface area contributed by atoms with Crippen molar-refractivity contribution in [2.24, 2.45) is 0 Å². The second-order valence-electron chi connectivity index (χ2n) is 5.24. The Balaban J connectivity index is 2.50. The van der Waals surface area contributed by atoms with E-state index in [-0.39, 0.29) is 11.6 Å². The molecule has 0 radical (unpaired) electrons. The fourth-order valence-corrected chi connectivity index (χ4v) is 1.63. The van der Waals surface area contributed by atoms with Gasteiger partial charge in [-0.05, 0) is 37.6 Å². The van der Waals surface area contributed by atoms with Crippen molar-refractivity contribution in [1.29, 1.82) is 0 Å². The lowest BCUT2D eigenvalue weighted by atomic mass is 10.1. The average Bonchev–Trinajstić information content (AvgIpc) is 2.49. The molecule has 0 aromatic heterocycles. The molecule has 6 nitrogen and oxygen atoms in total. The first kappa shape index (κ1) is 20.2. The molecule has 0 spiro atoms. The molecule has 136 valence electrons. The minimum absolute atomic E-state index is 0.146. The third-order valence-corrected chi connectivity index (χ3v) is 2.64. The number of imide groups is 1. The van der Waals surface area contributed by atoms with Crippen molar-refractivity contribution in [2.75, 3.05) is 6.61 Å². The number of nitrogens with one attached hydrogen (secondary N) is 2. The van der Waals surface area contributed by atoms with Gasteiger partial charge >= 0.3 is 18.2 Å². The standard InChI is InChI=1S/C16H17F3N2O4/c1-10(2)20-15(24)21-13(22)9-25-14(23)7-6-11-4-3-5-12(8-11)16(17,18)19/h3-8,10H,9H2,1-2H3,(H2,20,21,22,24). The summed E-state index contributed by atoms with van der Waals surface area (Å²) in [6.07, 6.45) is -2.48. The second kappa shape index (κ2) is 8.86. The Bertz CT molecular complexity index is 670. The molecule has 0 aliphatic heterocycles. The van der Waals surface area contributed by atoms with Gasteiger partial charge in [-0.1, -0.05) is 12.1 Å². The minimum Gasteiger partial charge on any atom is -0.452 e. The molecule has 9 heteroatoms. The predicted octanol–water partition coefficient (Wildman–Crippen LogP) is 2.50. The van der Waals surface area contributed by atoms with Gasteiger partial charge in [-0.3, -0.25) is 10.1 Å². The van der Waals surface area contributed by atoms with Crippen molar-refractivity contribution >= 4 is 24.0 Å². The Labute approximate surface area is 142 Å². The van der Waals surface area contributed by atoms with Crippen LogP contribution >= 0.6 is 0 Å². The van der Waals surface area contributed by atoms with Crippen LogP contribution in [0.15, 0.2) is 30.3 Å². The summed E-state index contributed by atoms with van der Waals surface area (Å²) in [6.45, 7) is 2.70. The molecule has 1 rings (SSSR count). The highest BCUT2D eigenvalue weighted by Gasteiger charge is 2.30. The number of urea groups is 1. The van der Waals surface area contributed by atoms with Crippen molar-refractivity contribution in [1.82, 2.24) is 10.6 Å². The molecule has 0 saturated carbocycles. The van der Waals surface area contributed by atoms with E-state index in [4.69, 9.17) is 0 Å². The van der Waals surface area contributed by atoms with Gasteiger partial charge in [0.1, 0.15) is 0 Å². The number of amides is 3. The lowest BCUT2D eigenvalue weighted by Gasteiger charge is -2.09. The van der Waals surface area contributed by atoms with E-state index >= 15 is 0 Å². The van der Waals surface area contributed by atoms with E-state index in [1.807, 2.05) is 5.32 Å². The van der Waals surface area contributed by atoms with E-state index < -0.39 is 36.3 Å². The van der Waals surface area contributed by atoms with Gasteiger partial charge in [0.05, 0.1) is 5.56 Å². The molecular formula is C16H17F3N2O4. The molecule has 0 aliphatic carbocycles. The zero-order valence-corrected chi connectivity index (χ0v) is 13.5. The summed E-state index contributed by atoms with van der Waals surface area (Å²) in [7, 11) is 0. The van der Waals surface area contributed by atoms with Crippen LogP contribution in [0.3, 0.4) is 0 Å². The van der Waals surface area contributed by atoms with Gasteiger partial charge in [0.2, 0.25) is 0 Å². The van der Waals surface area contributed by atoms with Crippen LogP contribution in [0, 0.1) is 0 Å². The summed E-state index contributed by atoms with van der Waals surface area (Å²) in [5.41, 5.74) is -0.703. The average molecular weight is 358 g/mol. The number of halogens is 3. The van der Waals surface area contributed by atoms with E-state index in [0.29, 0.717) is 0 Å². The van der Waals surface area contributed by atoms with Crippen LogP contribution in [0.2, 0.25) is 0 Å². The molecule has 0 aliphatic rings. The number of rotatable bonds is 5. The third-order valence-electron chi connectivity index (χ3n) is 2.64. The normalized spacial score (nSPS) is 11.4. The highest BCUT2D eigenvalue weighted by molar-refractivity contribution is 5.96. The third kappa shape index (κ3) is 8.00. The van der Waals surface area contributed by atoms with Crippen LogP contribution in [-0.2, 0) is 20.5 Å². The largest absolute Gasteiger partial charge is 0.452 e. The van der Waals surface area contributed by atoms with Crippen LogP contribution in [-0.4, -0.2) is 30.6 Å². The highest BCUT2D eigenvalue weighted by atomic mass is 19.4. The van der Waals surface area contributed by atoms with Gasteiger partial charge in [0.25, 0.3) is 5.91 Å². The van der Waals surface area contributed by atoms with Crippen molar-refractivity contribution in [3.05, 3.63) is 41.5 Å². The topological polar surface area (TPSA) is 84.5 Å². The fraction of sp³-hybridized carbons (Fsp3) is 0.312. The fourth-order valence-electron chi connectivity index (χ4n) is 1.63. The zero-order chi connectivity index (χ0) is 19.0. The minimum atomic E-state index is -4.49. The maximum Gasteiger partial charge on any atom is 0.416 e. The summed E-state index contributed by atoms with van der Waals surface area (Å²) >= 11 is 0. The maximum absolute atomic E-state index is 12.6.